The molecular formula is C24H25N7S. The van der Waals surface area contributed by atoms with Gasteiger partial charge >= 0.3 is 0 Å². The molecule has 0 spiro atoms. The largest absolute Gasteiger partial charge is 0.335 e. The number of hydrogen-bond donors (Lipinski definition) is 2. The summed E-state index contributed by atoms with van der Waals surface area (Å²) in [7, 11) is 0. The molecule has 162 valence electrons. The molecule has 2 aliphatic heterocycles. The minimum atomic E-state index is 0.472. The number of hydrogen-bond acceptors (Lipinski definition) is 7. The van der Waals surface area contributed by atoms with E-state index in [1.54, 1.807) is 11.3 Å². The molecule has 0 amide bonds. The average molecular weight is 444 g/mol. The first-order chi connectivity index (χ1) is 15.8. The number of aromatic nitrogens is 4. The van der Waals surface area contributed by atoms with Crippen LogP contribution in [0.25, 0.3) is 10.2 Å². The molecule has 7 nitrogen and oxygen atoms in total. The normalized spacial score (nSPS) is 22.8. The van der Waals surface area contributed by atoms with Crippen LogP contribution in [0.15, 0.2) is 47.8 Å². The molecule has 0 unspecified atom stereocenters. The lowest BCUT2D eigenvalue weighted by Crippen LogP contribution is -2.46. The van der Waals surface area contributed by atoms with Gasteiger partial charge in [0, 0.05) is 49.4 Å². The Morgan fingerprint density at radius 2 is 1.97 bits per heavy atom. The summed E-state index contributed by atoms with van der Waals surface area (Å²) in [4.78, 5) is 14.9. The monoisotopic (exact) mass is 443 g/mol. The van der Waals surface area contributed by atoms with E-state index < -0.39 is 0 Å². The minimum absolute atomic E-state index is 0.472. The number of anilines is 3. The molecule has 3 aromatic heterocycles. The number of piperazine rings is 1. The van der Waals surface area contributed by atoms with Gasteiger partial charge in [-0.3, -0.25) is 10.00 Å². The van der Waals surface area contributed by atoms with Gasteiger partial charge in [-0.15, -0.1) is 11.3 Å². The summed E-state index contributed by atoms with van der Waals surface area (Å²) < 4.78 is 1.08. The zero-order valence-corrected chi connectivity index (χ0v) is 18.6. The van der Waals surface area contributed by atoms with Gasteiger partial charge in [0.15, 0.2) is 11.6 Å². The summed E-state index contributed by atoms with van der Waals surface area (Å²) in [6, 6.07) is 16.0. The van der Waals surface area contributed by atoms with Crippen LogP contribution in [-0.2, 0) is 6.54 Å². The van der Waals surface area contributed by atoms with Gasteiger partial charge in [0.05, 0.1) is 10.2 Å². The third-order valence-electron chi connectivity index (χ3n) is 6.99. The fourth-order valence-corrected chi connectivity index (χ4v) is 5.97. The van der Waals surface area contributed by atoms with Crippen molar-refractivity contribution in [1.29, 1.82) is 0 Å². The van der Waals surface area contributed by atoms with Crippen LogP contribution < -0.4 is 10.2 Å². The lowest BCUT2D eigenvalue weighted by Gasteiger charge is -2.34. The van der Waals surface area contributed by atoms with Crippen LogP contribution in [0.4, 0.5) is 17.6 Å². The van der Waals surface area contributed by atoms with Crippen molar-refractivity contribution in [3.05, 3.63) is 59.1 Å². The van der Waals surface area contributed by atoms with E-state index in [2.05, 4.69) is 73.2 Å². The maximum Gasteiger partial charge on any atom is 0.228 e. The molecule has 7 rings (SSSR count). The van der Waals surface area contributed by atoms with Crippen LogP contribution in [0.3, 0.4) is 0 Å². The lowest BCUT2D eigenvalue weighted by atomic mass is 10.2. The van der Waals surface area contributed by atoms with Crippen molar-refractivity contribution in [3.8, 4) is 0 Å². The van der Waals surface area contributed by atoms with Gasteiger partial charge in [0.2, 0.25) is 5.95 Å². The van der Waals surface area contributed by atoms with E-state index in [0.717, 1.165) is 47.4 Å². The second-order valence-electron chi connectivity index (χ2n) is 9.23. The molecule has 3 fully saturated rings. The van der Waals surface area contributed by atoms with Gasteiger partial charge in [-0.05, 0) is 36.3 Å². The first kappa shape index (κ1) is 18.6. The van der Waals surface area contributed by atoms with Gasteiger partial charge in [0.25, 0.3) is 0 Å². The van der Waals surface area contributed by atoms with Crippen molar-refractivity contribution in [2.45, 2.75) is 43.8 Å². The molecule has 1 aromatic carbocycles. The van der Waals surface area contributed by atoms with E-state index in [1.807, 2.05) is 0 Å². The van der Waals surface area contributed by atoms with Gasteiger partial charge in [-0.2, -0.15) is 10.1 Å². The Balaban J connectivity index is 1.13. The highest BCUT2D eigenvalue weighted by molar-refractivity contribution is 7.17. The molecule has 1 aliphatic carbocycles. The van der Waals surface area contributed by atoms with E-state index >= 15 is 0 Å². The Hall–Kier alpha value is -2.97. The smallest absolute Gasteiger partial charge is 0.228 e. The van der Waals surface area contributed by atoms with Crippen LogP contribution in [0, 0.1) is 0 Å². The van der Waals surface area contributed by atoms with Gasteiger partial charge in [0.1, 0.15) is 0 Å². The second kappa shape index (κ2) is 7.28. The van der Waals surface area contributed by atoms with Crippen LogP contribution in [-0.4, -0.2) is 50.2 Å². The number of aromatic amines is 1. The number of H-pyrrole nitrogens is 1. The Labute approximate surface area is 190 Å². The maximum atomic E-state index is 4.99. The third kappa shape index (κ3) is 3.25. The number of fused-ring (bicyclic) bond motifs is 3. The number of likely N-dealkylation sites (tertiary alicyclic amines) is 1. The highest BCUT2D eigenvalue weighted by Crippen LogP contribution is 2.40. The molecule has 1 saturated carbocycles. The van der Waals surface area contributed by atoms with Crippen LogP contribution >= 0.6 is 11.3 Å². The topological polar surface area (TPSA) is 73.0 Å². The zero-order valence-electron chi connectivity index (χ0n) is 17.7. The Morgan fingerprint density at radius 3 is 2.78 bits per heavy atom. The molecule has 3 aliphatic rings. The molecule has 8 heteroatoms. The molecule has 0 radical (unpaired) electrons. The summed E-state index contributed by atoms with van der Waals surface area (Å²) in [5, 5.41) is 13.2. The van der Waals surface area contributed by atoms with E-state index in [1.165, 1.54) is 30.5 Å². The van der Waals surface area contributed by atoms with Gasteiger partial charge < -0.3 is 10.2 Å². The minimum Gasteiger partial charge on any atom is -0.335 e. The highest BCUT2D eigenvalue weighted by atomic mass is 32.1. The third-order valence-corrected chi connectivity index (χ3v) is 7.90. The summed E-state index contributed by atoms with van der Waals surface area (Å²) in [5.41, 5.74) is 3.61. The van der Waals surface area contributed by atoms with Crippen LogP contribution in [0.2, 0.25) is 0 Å². The van der Waals surface area contributed by atoms with Crippen molar-refractivity contribution in [1.82, 2.24) is 25.1 Å². The molecule has 2 bridgehead atoms. The number of nitrogens with zero attached hydrogens (tertiary/aromatic N) is 5. The van der Waals surface area contributed by atoms with E-state index in [-0.39, 0.29) is 0 Å². The Bertz CT molecular complexity index is 1260. The van der Waals surface area contributed by atoms with Crippen molar-refractivity contribution in [2.24, 2.45) is 0 Å². The first-order valence-corrected chi connectivity index (χ1v) is 12.3. The van der Waals surface area contributed by atoms with Crippen molar-refractivity contribution >= 4 is 39.1 Å². The standard InChI is InChI=1S/C24H25N7S/c1-2-4-15(5-3-1)12-30-13-18-10-17(30)14-31(18)24-25-19-8-9-32-22(19)23(27-24)26-21-11-20(28-29-21)16-6-7-16/h1-5,8-9,11,16-18H,6-7,10,12-14H2,(H2,25,26,27,28,29)/t17-,18+/m0/s1. The fourth-order valence-electron chi connectivity index (χ4n) is 5.20. The summed E-state index contributed by atoms with van der Waals surface area (Å²) in [5.74, 6) is 3.18. The van der Waals surface area contributed by atoms with Gasteiger partial charge in [-0.1, -0.05) is 30.3 Å². The summed E-state index contributed by atoms with van der Waals surface area (Å²) in [6.07, 6.45) is 3.70. The molecule has 32 heavy (non-hydrogen) atoms. The quantitative estimate of drug-likeness (QED) is 0.457. The van der Waals surface area contributed by atoms with Crippen LogP contribution in [0.5, 0.6) is 0 Å². The maximum absolute atomic E-state index is 4.99. The molecule has 4 aromatic rings. The van der Waals surface area contributed by atoms with E-state index in [9.17, 15) is 0 Å². The zero-order chi connectivity index (χ0) is 21.1. The second-order valence-corrected chi connectivity index (χ2v) is 10.1. The van der Waals surface area contributed by atoms with Crippen molar-refractivity contribution < 1.29 is 0 Å². The highest BCUT2D eigenvalue weighted by Gasteiger charge is 2.44. The Morgan fingerprint density at radius 1 is 1.06 bits per heavy atom. The number of nitrogens with one attached hydrogen (secondary N) is 2. The van der Waals surface area contributed by atoms with E-state index in [4.69, 9.17) is 9.97 Å². The molecular weight excluding hydrogens is 418 g/mol. The molecule has 2 N–H and O–H groups in total. The molecule has 2 atom stereocenters. The SMILES string of the molecule is c1ccc(CN2C[C@H]3C[C@H]2CN3c2nc(Nc3cc(C4CC4)[nH]n3)c3sccc3n2)cc1. The lowest BCUT2D eigenvalue weighted by molar-refractivity contribution is 0.229. The summed E-state index contributed by atoms with van der Waals surface area (Å²) >= 11 is 1.67. The molecule has 2 saturated heterocycles. The summed E-state index contributed by atoms with van der Waals surface area (Å²) in [6.45, 7) is 3.08. The van der Waals surface area contributed by atoms with Gasteiger partial charge in [-0.25, -0.2) is 4.98 Å². The number of benzene rings is 1. The van der Waals surface area contributed by atoms with Crippen molar-refractivity contribution in [3.63, 3.8) is 0 Å². The predicted octanol–water partition coefficient (Wildman–Crippen LogP) is 4.50. The Kier molecular flexibility index (Phi) is 4.23. The number of rotatable bonds is 6. The van der Waals surface area contributed by atoms with Crippen molar-refractivity contribution in [2.75, 3.05) is 23.3 Å². The predicted molar refractivity (Wildman–Crippen MR) is 128 cm³/mol. The first-order valence-electron chi connectivity index (χ1n) is 11.4. The fraction of sp³-hybridized carbons (Fsp3) is 0.375. The average Bonchev–Trinajstić information content (AvgIpc) is 3.18. The number of thiophene rings is 1. The molecule has 5 heterocycles. The van der Waals surface area contributed by atoms with E-state index in [0.29, 0.717) is 18.0 Å². The van der Waals surface area contributed by atoms with Crippen LogP contribution in [0.1, 0.15) is 36.4 Å².